The first-order chi connectivity index (χ1) is 14.4. The number of aryl methyl sites for hydroxylation is 1. The first kappa shape index (κ1) is 21.8. The number of benzene rings is 3. The lowest BCUT2D eigenvalue weighted by molar-refractivity contribution is 0.174. The molecule has 0 aliphatic heterocycles. The minimum atomic E-state index is -3.90. The van der Waals surface area contributed by atoms with Gasteiger partial charge < -0.3 is 19.3 Å². The number of rotatable bonds is 9. The minimum absolute atomic E-state index is 0.0972. The maximum Gasteiger partial charge on any atom is 0.339 e. The largest absolute Gasteiger partial charge is 0.497 e. The minimum Gasteiger partial charge on any atom is -0.497 e. The lowest BCUT2D eigenvalue weighted by Crippen LogP contribution is -2.21. The van der Waals surface area contributed by atoms with E-state index in [-0.39, 0.29) is 10.6 Å². The van der Waals surface area contributed by atoms with Crippen molar-refractivity contribution in [2.75, 3.05) is 13.7 Å². The van der Waals surface area contributed by atoms with Gasteiger partial charge in [-0.3, -0.25) is 0 Å². The van der Waals surface area contributed by atoms with Crippen molar-refractivity contribution in [3.8, 4) is 11.5 Å². The van der Waals surface area contributed by atoms with Gasteiger partial charge in [-0.25, -0.2) is 0 Å². The van der Waals surface area contributed by atoms with Gasteiger partial charge in [0.15, 0.2) is 0 Å². The molecule has 0 spiro atoms. The van der Waals surface area contributed by atoms with Crippen LogP contribution in [0.1, 0.15) is 22.8 Å². The monoisotopic (exact) mass is 427 g/mol. The molecule has 7 heteroatoms. The number of methoxy groups -OCH3 is 1. The average molecular weight is 428 g/mol. The number of nitrogens with one attached hydrogen (secondary N) is 1. The molecule has 0 aromatic heterocycles. The lowest BCUT2D eigenvalue weighted by atomic mass is 10.1. The summed E-state index contributed by atoms with van der Waals surface area (Å²) in [5, 5.41) is 13.6. The highest BCUT2D eigenvalue weighted by atomic mass is 32.2. The van der Waals surface area contributed by atoms with Gasteiger partial charge in [0, 0.05) is 13.1 Å². The van der Waals surface area contributed by atoms with Crippen molar-refractivity contribution in [3.05, 3.63) is 89.5 Å². The molecule has 0 fully saturated rings. The second-order valence-electron chi connectivity index (χ2n) is 6.91. The molecule has 0 heterocycles. The summed E-state index contributed by atoms with van der Waals surface area (Å²) >= 11 is 0. The Kier molecular flexibility index (Phi) is 7.10. The van der Waals surface area contributed by atoms with Crippen LogP contribution in [0.15, 0.2) is 77.7 Å². The first-order valence-electron chi connectivity index (χ1n) is 9.50. The van der Waals surface area contributed by atoms with Crippen molar-refractivity contribution in [1.29, 1.82) is 0 Å². The molecule has 0 aliphatic rings. The number of aliphatic hydroxyl groups is 1. The van der Waals surface area contributed by atoms with Gasteiger partial charge in [-0.1, -0.05) is 42.0 Å². The van der Waals surface area contributed by atoms with Gasteiger partial charge in [-0.2, -0.15) is 8.42 Å². The summed E-state index contributed by atoms with van der Waals surface area (Å²) in [5.74, 6) is 0.989. The lowest BCUT2D eigenvalue weighted by Gasteiger charge is -2.13. The molecule has 6 nitrogen and oxygen atoms in total. The van der Waals surface area contributed by atoms with Gasteiger partial charge in [-0.05, 0) is 54.4 Å². The molecular weight excluding hydrogens is 402 g/mol. The van der Waals surface area contributed by atoms with Gasteiger partial charge in [-0.15, -0.1) is 0 Å². The van der Waals surface area contributed by atoms with E-state index >= 15 is 0 Å². The van der Waals surface area contributed by atoms with Crippen molar-refractivity contribution in [2.24, 2.45) is 0 Å². The van der Waals surface area contributed by atoms with E-state index in [1.807, 2.05) is 31.2 Å². The molecular formula is C23H25NO5S. The van der Waals surface area contributed by atoms with Gasteiger partial charge >= 0.3 is 10.1 Å². The molecule has 3 rings (SSSR count). The second kappa shape index (κ2) is 9.75. The Bertz CT molecular complexity index is 1050. The van der Waals surface area contributed by atoms with E-state index in [2.05, 4.69) is 5.32 Å². The predicted molar refractivity (Wildman–Crippen MR) is 115 cm³/mol. The van der Waals surface area contributed by atoms with Crippen LogP contribution in [0, 0.1) is 6.92 Å². The molecule has 3 aromatic carbocycles. The third-order valence-corrected chi connectivity index (χ3v) is 5.87. The van der Waals surface area contributed by atoms with Crippen molar-refractivity contribution >= 4 is 10.1 Å². The highest BCUT2D eigenvalue weighted by Crippen LogP contribution is 2.22. The third-order valence-electron chi connectivity index (χ3n) is 4.61. The van der Waals surface area contributed by atoms with E-state index in [1.165, 1.54) is 24.3 Å². The summed E-state index contributed by atoms with van der Waals surface area (Å²) < 4.78 is 35.0. The van der Waals surface area contributed by atoms with Crippen LogP contribution in [-0.2, 0) is 16.7 Å². The zero-order valence-corrected chi connectivity index (χ0v) is 17.7. The zero-order chi connectivity index (χ0) is 21.6. The van der Waals surface area contributed by atoms with E-state index in [0.29, 0.717) is 18.7 Å². The van der Waals surface area contributed by atoms with Crippen molar-refractivity contribution < 1.29 is 22.4 Å². The van der Waals surface area contributed by atoms with Crippen LogP contribution in [0.5, 0.6) is 11.5 Å². The molecule has 2 N–H and O–H groups in total. The van der Waals surface area contributed by atoms with E-state index in [9.17, 15) is 13.5 Å². The summed E-state index contributed by atoms with van der Waals surface area (Å²) in [6, 6.07) is 20.5. The van der Waals surface area contributed by atoms with Crippen molar-refractivity contribution in [3.63, 3.8) is 0 Å². The van der Waals surface area contributed by atoms with Crippen LogP contribution in [0.4, 0.5) is 0 Å². The maximum absolute atomic E-state index is 12.4. The molecule has 0 saturated carbocycles. The molecule has 0 amide bonds. The van der Waals surface area contributed by atoms with Gasteiger partial charge in [0.2, 0.25) is 0 Å². The molecule has 0 unspecified atom stereocenters. The molecule has 0 radical (unpaired) electrons. The number of hydrogen-bond donors (Lipinski definition) is 2. The Labute approximate surface area is 177 Å². The molecule has 0 aliphatic carbocycles. The quantitative estimate of drug-likeness (QED) is 0.508. The van der Waals surface area contributed by atoms with Crippen molar-refractivity contribution in [1.82, 2.24) is 5.32 Å². The Morgan fingerprint density at radius 1 is 0.900 bits per heavy atom. The third kappa shape index (κ3) is 5.82. The van der Waals surface area contributed by atoms with E-state index in [1.54, 1.807) is 31.4 Å². The maximum atomic E-state index is 12.4. The van der Waals surface area contributed by atoms with Gasteiger partial charge in [0.25, 0.3) is 0 Å². The van der Waals surface area contributed by atoms with Crippen LogP contribution in [-0.4, -0.2) is 27.2 Å². The van der Waals surface area contributed by atoms with Crippen LogP contribution < -0.4 is 14.2 Å². The summed E-state index contributed by atoms with van der Waals surface area (Å²) in [5.41, 5.74) is 2.71. The average Bonchev–Trinajstić information content (AvgIpc) is 2.74. The molecule has 0 bridgehead atoms. The second-order valence-corrected chi connectivity index (χ2v) is 8.46. The summed E-state index contributed by atoms with van der Waals surface area (Å²) in [4.78, 5) is 0.0972. The fourth-order valence-electron chi connectivity index (χ4n) is 2.84. The molecule has 30 heavy (non-hydrogen) atoms. The van der Waals surface area contributed by atoms with Crippen molar-refractivity contribution in [2.45, 2.75) is 24.5 Å². The Balaban J connectivity index is 1.54. The van der Waals surface area contributed by atoms with Crippen LogP contribution >= 0.6 is 0 Å². The van der Waals surface area contributed by atoms with Gasteiger partial charge in [0.1, 0.15) is 16.4 Å². The summed E-state index contributed by atoms with van der Waals surface area (Å²) in [6.45, 7) is 2.85. The van der Waals surface area contributed by atoms with Crippen LogP contribution in [0.25, 0.3) is 0 Å². The summed E-state index contributed by atoms with van der Waals surface area (Å²) in [7, 11) is -2.27. The Hall–Kier alpha value is -2.87. The van der Waals surface area contributed by atoms with Crippen LogP contribution in [0.3, 0.4) is 0 Å². The molecule has 3 aromatic rings. The predicted octanol–water partition coefficient (Wildman–Crippen LogP) is 3.59. The van der Waals surface area contributed by atoms with E-state index in [4.69, 9.17) is 8.92 Å². The zero-order valence-electron chi connectivity index (χ0n) is 16.9. The molecule has 158 valence electrons. The fourth-order valence-corrected chi connectivity index (χ4v) is 3.77. The van der Waals surface area contributed by atoms with Gasteiger partial charge in [0.05, 0.1) is 13.2 Å². The molecule has 1 atom stereocenters. The SMILES string of the molecule is COc1ccc(CNC[C@@H](O)c2ccc(OS(=O)(=O)c3ccc(C)cc3)cc2)cc1. The molecule has 0 saturated heterocycles. The normalized spacial score (nSPS) is 12.4. The topological polar surface area (TPSA) is 84.9 Å². The smallest absolute Gasteiger partial charge is 0.339 e. The van der Waals surface area contributed by atoms with E-state index in [0.717, 1.165) is 16.9 Å². The number of aliphatic hydroxyl groups excluding tert-OH is 1. The van der Waals surface area contributed by atoms with E-state index < -0.39 is 16.2 Å². The highest BCUT2D eigenvalue weighted by Gasteiger charge is 2.16. The summed E-state index contributed by atoms with van der Waals surface area (Å²) in [6.07, 6.45) is -0.731. The first-order valence-corrected chi connectivity index (χ1v) is 10.9. The number of hydrogen-bond acceptors (Lipinski definition) is 6. The van der Waals surface area contributed by atoms with Crippen LogP contribution in [0.2, 0.25) is 0 Å². The number of ether oxygens (including phenoxy) is 1. The Morgan fingerprint density at radius 3 is 2.10 bits per heavy atom. The fraction of sp³-hybridized carbons (Fsp3) is 0.217. The highest BCUT2D eigenvalue weighted by molar-refractivity contribution is 7.87. The standard InChI is InChI=1S/C23H25NO5S/c1-17-3-13-22(14-4-17)30(26,27)29-21-11-7-19(8-12-21)23(25)16-24-15-18-5-9-20(28-2)10-6-18/h3-14,23-25H,15-16H2,1-2H3/t23-/m1/s1. The Morgan fingerprint density at radius 2 is 1.50 bits per heavy atom.